The largest absolute Gasteiger partial charge is 0.388 e. The molecule has 1 aliphatic rings. The lowest BCUT2D eigenvalue weighted by Crippen LogP contribution is -2.54. The van der Waals surface area contributed by atoms with E-state index in [1.807, 2.05) is 34.1 Å². The van der Waals surface area contributed by atoms with Crippen LogP contribution in [0.3, 0.4) is 0 Å². The van der Waals surface area contributed by atoms with Crippen molar-refractivity contribution in [3.8, 4) is 0 Å². The van der Waals surface area contributed by atoms with Gasteiger partial charge in [-0.25, -0.2) is 5.84 Å². The predicted molar refractivity (Wildman–Crippen MR) is 114 cm³/mol. The fourth-order valence-electron chi connectivity index (χ4n) is 2.85. The number of H-pyrrole nitrogens is 1. The first-order chi connectivity index (χ1) is 12.8. The number of anilines is 1. The number of aromatic amines is 1. The van der Waals surface area contributed by atoms with E-state index in [1.54, 1.807) is 11.0 Å². The van der Waals surface area contributed by atoms with E-state index in [1.165, 1.54) is 10.6 Å². The lowest BCUT2D eigenvalue weighted by molar-refractivity contribution is 0.307. The van der Waals surface area contributed by atoms with Gasteiger partial charge in [0.2, 0.25) is 5.96 Å². The molecule has 3 rings (SSSR count). The van der Waals surface area contributed by atoms with Crippen LogP contribution in [-0.4, -0.2) is 52.9 Å². The lowest BCUT2D eigenvalue weighted by Gasteiger charge is -2.39. The molecule has 6 N–H and O–H groups in total. The molecule has 1 aliphatic heterocycles. The van der Waals surface area contributed by atoms with E-state index in [0.717, 1.165) is 27.9 Å². The summed E-state index contributed by atoms with van der Waals surface area (Å²) >= 11 is 0. The SMILES string of the molecule is C=CC1=C(C)N(C)C(=N)N(N)C1C.C=N.CNc1cc2cn[nH]c2cc1C. The Morgan fingerprint density at radius 1 is 1.33 bits per heavy atom. The number of aromatic nitrogens is 2. The summed E-state index contributed by atoms with van der Waals surface area (Å²) in [6.07, 6.45) is 3.62. The molecule has 1 aromatic carbocycles. The highest BCUT2D eigenvalue weighted by atomic mass is 15.5. The van der Waals surface area contributed by atoms with Crippen LogP contribution in [0.1, 0.15) is 19.4 Å². The Morgan fingerprint density at radius 2 is 1.96 bits per heavy atom. The average molecular weight is 371 g/mol. The summed E-state index contributed by atoms with van der Waals surface area (Å²) in [5, 5.41) is 25.8. The first kappa shape index (κ1) is 21.9. The molecule has 1 aromatic heterocycles. The zero-order valence-corrected chi connectivity index (χ0v) is 16.7. The molecule has 0 aliphatic carbocycles. The molecule has 0 bridgehead atoms. The van der Waals surface area contributed by atoms with Crippen LogP contribution in [0, 0.1) is 17.7 Å². The Kier molecular flexibility index (Phi) is 7.74. The molecule has 27 heavy (non-hydrogen) atoms. The molecular formula is C19H30N8. The number of benzene rings is 1. The zero-order valence-electron chi connectivity index (χ0n) is 16.7. The second-order valence-corrected chi connectivity index (χ2v) is 6.09. The van der Waals surface area contributed by atoms with Gasteiger partial charge in [0.05, 0.1) is 17.8 Å². The molecule has 1 unspecified atom stereocenters. The molecule has 2 heterocycles. The van der Waals surface area contributed by atoms with Gasteiger partial charge in [0, 0.05) is 30.9 Å². The molecule has 0 saturated carbocycles. The highest BCUT2D eigenvalue weighted by Crippen LogP contribution is 2.22. The maximum atomic E-state index is 7.68. The Bertz CT molecular complexity index is 835. The Hall–Kier alpha value is -3.13. The van der Waals surface area contributed by atoms with E-state index >= 15 is 0 Å². The molecule has 0 amide bonds. The van der Waals surface area contributed by atoms with Crippen molar-refractivity contribution in [3.63, 3.8) is 0 Å². The van der Waals surface area contributed by atoms with Crippen LogP contribution in [-0.2, 0) is 0 Å². The second-order valence-electron chi connectivity index (χ2n) is 6.09. The van der Waals surface area contributed by atoms with Crippen LogP contribution in [0.15, 0.2) is 42.3 Å². The number of nitrogens with zero attached hydrogens (tertiary/aromatic N) is 3. The van der Waals surface area contributed by atoms with Crippen molar-refractivity contribution in [2.45, 2.75) is 26.8 Å². The summed E-state index contributed by atoms with van der Waals surface area (Å²) in [5.41, 5.74) is 5.58. The summed E-state index contributed by atoms with van der Waals surface area (Å²) in [4.78, 5) is 1.75. The normalized spacial score (nSPS) is 16.4. The summed E-state index contributed by atoms with van der Waals surface area (Å²) in [6, 6.07) is 4.21. The van der Waals surface area contributed by atoms with E-state index in [4.69, 9.17) is 16.7 Å². The molecular weight excluding hydrogens is 340 g/mol. The van der Waals surface area contributed by atoms with E-state index in [0.29, 0.717) is 5.96 Å². The number of hydrogen-bond donors (Lipinski definition) is 5. The van der Waals surface area contributed by atoms with Crippen molar-refractivity contribution >= 4 is 29.3 Å². The van der Waals surface area contributed by atoms with Gasteiger partial charge in [-0.15, -0.1) is 0 Å². The number of allylic oxidation sites excluding steroid dienone is 1. The number of hydrazine groups is 1. The molecule has 146 valence electrons. The van der Waals surface area contributed by atoms with Gasteiger partial charge in [0.25, 0.3) is 0 Å². The Labute approximate surface area is 160 Å². The van der Waals surface area contributed by atoms with Crippen molar-refractivity contribution in [1.82, 2.24) is 20.1 Å². The monoisotopic (exact) mass is 370 g/mol. The van der Waals surface area contributed by atoms with Crippen LogP contribution < -0.4 is 11.2 Å². The van der Waals surface area contributed by atoms with Gasteiger partial charge in [-0.05, 0) is 50.8 Å². The number of aryl methyl sites for hydroxylation is 1. The van der Waals surface area contributed by atoms with Crippen LogP contribution in [0.2, 0.25) is 0 Å². The maximum Gasteiger partial charge on any atom is 0.212 e. The zero-order chi connectivity index (χ0) is 20.7. The molecule has 1 atom stereocenters. The number of rotatable bonds is 2. The van der Waals surface area contributed by atoms with Crippen molar-refractivity contribution in [3.05, 3.63) is 47.8 Å². The number of hydrogen-bond acceptors (Lipinski definition) is 5. The molecule has 8 nitrogen and oxygen atoms in total. The van der Waals surface area contributed by atoms with Gasteiger partial charge < -0.3 is 15.6 Å². The minimum absolute atomic E-state index is 0.0289. The van der Waals surface area contributed by atoms with Gasteiger partial charge >= 0.3 is 0 Å². The quantitative estimate of drug-likeness (QED) is 0.411. The highest BCUT2D eigenvalue weighted by Gasteiger charge is 2.27. The summed E-state index contributed by atoms with van der Waals surface area (Å²) in [7, 11) is 3.75. The second kappa shape index (κ2) is 9.54. The van der Waals surface area contributed by atoms with E-state index in [9.17, 15) is 0 Å². The molecule has 8 heteroatoms. The minimum atomic E-state index is 0.0289. The van der Waals surface area contributed by atoms with E-state index in [2.05, 4.69) is 47.9 Å². The van der Waals surface area contributed by atoms with Gasteiger partial charge in [-0.1, -0.05) is 12.7 Å². The number of nitrogens with two attached hydrogens (primary N) is 1. The average Bonchev–Trinajstić information content (AvgIpc) is 3.14. The van der Waals surface area contributed by atoms with Crippen LogP contribution in [0.5, 0.6) is 0 Å². The number of nitrogens with one attached hydrogen (secondary N) is 4. The molecule has 0 saturated heterocycles. The third-order valence-corrected chi connectivity index (χ3v) is 4.62. The van der Waals surface area contributed by atoms with Gasteiger partial charge in [-0.2, -0.15) is 5.10 Å². The third-order valence-electron chi connectivity index (χ3n) is 4.62. The van der Waals surface area contributed by atoms with Crippen LogP contribution in [0.25, 0.3) is 10.9 Å². The van der Waals surface area contributed by atoms with Crippen molar-refractivity contribution < 1.29 is 0 Å². The highest BCUT2D eigenvalue weighted by molar-refractivity contribution is 5.83. The van der Waals surface area contributed by atoms with Gasteiger partial charge in [0.1, 0.15) is 0 Å². The summed E-state index contributed by atoms with van der Waals surface area (Å²) in [6.45, 7) is 12.2. The Morgan fingerprint density at radius 3 is 2.52 bits per heavy atom. The van der Waals surface area contributed by atoms with E-state index in [-0.39, 0.29) is 6.04 Å². The van der Waals surface area contributed by atoms with Gasteiger partial charge in [0.15, 0.2) is 0 Å². The molecule has 0 fully saturated rings. The number of fused-ring (bicyclic) bond motifs is 1. The van der Waals surface area contributed by atoms with Crippen molar-refractivity contribution in [2.75, 3.05) is 19.4 Å². The van der Waals surface area contributed by atoms with Crippen molar-refractivity contribution in [2.24, 2.45) is 5.84 Å². The fourth-order valence-corrected chi connectivity index (χ4v) is 2.85. The molecule has 0 spiro atoms. The van der Waals surface area contributed by atoms with E-state index < -0.39 is 0 Å². The summed E-state index contributed by atoms with van der Waals surface area (Å²) < 4.78 is 0. The maximum absolute atomic E-state index is 7.68. The first-order valence-corrected chi connectivity index (χ1v) is 8.48. The minimum Gasteiger partial charge on any atom is -0.388 e. The summed E-state index contributed by atoms with van der Waals surface area (Å²) in [5.74, 6) is 6.04. The topological polar surface area (TPSA) is 121 Å². The molecule has 2 aromatic rings. The van der Waals surface area contributed by atoms with Gasteiger partial charge in [-0.3, -0.25) is 15.5 Å². The fraction of sp³-hybridized carbons (Fsp3) is 0.316. The van der Waals surface area contributed by atoms with Crippen LogP contribution >= 0.6 is 0 Å². The lowest BCUT2D eigenvalue weighted by atomic mass is 10.0. The van der Waals surface area contributed by atoms with Crippen LogP contribution in [0.4, 0.5) is 5.69 Å². The predicted octanol–water partition coefficient (Wildman–Crippen LogP) is 3.07. The Balaban J connectivity index is 0.000000248. The smallest absolute Gasteiger partial charge is 0.212 e. The number of guanidine groups is 1. The molecule has 0 radical (unpaired) electrons. The standard InChI is InChI=1S/C9H16N4.C9H11N3.CH3N/c1-5-8-6(2)12(4)9(10)13(11)7(8)3;1-6-3-9-7(5-11-12-9)4-8(6)10-2;1-2/h5,7,10H,1,11H2,2-4H3;3-5,10H,1-2H3,(H,11,12);2H,1H2. The van der Waals surface area contributed by atoms with Crippen molar-refractivity contribution in [1.29, 1.82) is 10.8 Å². The third kappa shape index (κ3) is 4.53. The first-order valence-electron chi connectivity index (χ1n) is 8.48.